The maximum atomic E-state index is 11.3. The standard InChI is InChI=1S/C10H12N4O3/c15-8-6-14(3-1-2-11-8)10-12-4-7(5-13-10)9(16)17/h4-5H,1-3,6H2,(H,11,15)(H,16,17). The van der Waals surface area contributed by atoms with E-state index in [1.54, 1.807) is 4.90 Å². The van der Waals surface area contributed by atoms with Gasteiger partial charge in [-0.3, -0.25) is 4.79 Å². The molecule has 0 atom stereocenters. The van der Waals surface area contributed by atoms with Crippen molar-refractivity contribution in [3.05, 3.63) is 18.0 Å². The number of hydrogen-bond donors (Lipinski definition) is 2. The zero-order valence-corrected chi connectivity index (χ0v) is 9.09. The predicted molar refractivity (Wildman–Crippen MR) is 58.8 cm³/mol. The smallest absolute Gasteiger partial charge is 0.338 e. The zero-order valence-electron chi connectivity index (χ0n) is 9.09. The highest BCUT2D eigenvalue weighted by Crippen LogP contribution is 2.09. The van der Waals surface area contributed by atoms with Crippen molar-refractivity contribution in [3.8, 4) is 0 Å². The third kappa shape index (κ3) is 2.68. The van der Waals surface area contributed by atoms with Crippen LogP contribution in [0.5, 0.6) is 0 Å². The average Bonchev–Trinajstić information content (AvgIpc) is 2.54. The summed E-state index contributed by atoms with van der Waals surface area (Å²) in [7, 11) is 0. The summed E-state index contributed by atoms with van der Waals surface area (Å²) in [5, 5.41) is 11.5. The molecule has 7 heteroatoms. The Bertz CT molecular complexity index is 432. The number of rotatable bonds is 2. The molecule has 2 N–H and O–H groups in total. The number of carbonyl (C=O) groups excluding carboxylic acids is 1. The number of carbonyl (C=O) groups is 2. The SMILES string of the molecule is O=C1CN(c2ncc(C(=O)O)cn2)CCCN1. The predicted octanol–water partition coefficient (Wildman–Crippen LogP) is -0.499. The van der Waals surface area contributed by atoms with Crippen LogP contribution in [0.15, 0.2) is 12.4 Å². The Morgan fingerprint density at radius 1 is 1.41 bits per heavy atom. The van der Waals surface area contributed by atoms with Crippen molar-refractivity contribution >= 4 is 17.8 Å². The van der Waals surface area contributed by atoms with Crippen molar-refractivity contribution in [2.24, 2.45) is 0 Å². The fraction of sp³-hybridized carbons (Fsp3) is 0.400. The van der Waals surface area contributed by atoms with Gasteiger partial charge >= 0.3 is 5.97 Å². The molecule has 0 aliphatic carbocycles. The largest absolute Gasteiger partial charge is 0.478 e. The van der Waals surface area contributed by atoms with Crippen LogP contribution in [0.1, 0.15) is 16.8 Å². The molecule has 1 amide bonds. The molecule has 0 spiro atoms. The first-order chi connectivity index (χ1) is 8.16. The van der Waals surface area contributed by atoms with E-state index in [0.29, 0.717) is 19.0 Å². The first kappa shape index (κ1) is 11.3. The molecule has 7 nitrogen and oxygen atoms in total. The molecule has 0 saturated carbocycles. The Hall–Kier alpha value is -2.18. The van der Waals surface area contributed by atoms with E-state index in [1.807, 2.05) is 0 Å². The third-order valence-electron chi connectivity index (χ3n) is 2.43. The maximum Gasteiger partial charge on any atom is 0.338 e. The van der Waals surface area contributed by atoms with Crippen molar-refractivity contribution in [2.45, 2.75) is 6.42 Å². The summed E-state index contributed by atoms with van der Waals surface area (Å²) in [5.41, 5.74) is 0.0352. The monoisotopic (exact) mass is 236 g/mol. The first-order valence-corrected chi connectivity index (χ1v) is 5.24. The summed E-state index contributed by atoms with van der Waals surface area (Å²) >= 11 is 0. The van der Waals surface area contributed by atoms with Crippen molar-refractivity contribution in [2.75, 3.05) is 24.5 Å². The number of carboxylic acids is 1. The van der Waals surface area contributed by atoms with E-state index in [-0.39, 0.29) is 18.0 Å². The lowest BCUT2D eigenvalue weighted by Gasteiger charge is -2.18. The fourth-order valence-corrected chi connectivity index (χ4v) is 1.57. The van der Waals surface area contributed by atoms with Gasteiger partial charge in [-0.2, -0.15) is 0 Å². The topological polar surface area (TPSA) is 95.4 Å². The van der Waals surface area contributed by atoms with E-state index in [4.69, 9.17) is 5.11 Å². The fourth-order valence-electron chi connectivity index (χ4n) is 1.57. The molecule has 2 heterocycles. The number of nitrogens with one attached hydrogen (secondary N) is 1. The minimum absolute atomic E-state index is 0.0352. The second kappa shape index (κ2) is 4.77. The Kier molecular flexibility index (Phi) is 3.17. The van der Waals surface area contributed by atoms with Crippen LogP contribution in [0.25, 0.3) is 0 Å². The van der Waals surface area contributed by atoms with E-state index in [9.17, 15) is 9.59 Å². The third-order valence-corrected chi connectivity index (χ3v) is 2.43. The molecule has 0 aromatic carbocycles. The summed E-state index contributed by atoms with van der Waals surface area (Å²) < 4.78 is 0. The highest BCUT2D eigenvalue weighted by Gasteiger charge is 2.17. The molecule has 17 heavy (non-hydrogen) atoms. The van der Waals surface area contributed by atoms with Crippen molar-refractivity contribution in [1.29, 1.82) is 0 Å². The molecule has 1 aliphatic heterocycles. The molecule has 1 fully saturated rings. The second-order valence-electron chi connectivity index (χ2n) is 3.70. The van der Waals surface area contributed by atoms with Crippen LogP contribution in [-0.4, -0.2) is 46.6 Å². The van der Waals surface area contributed by atoms with Crippen LogP contribution in [0, 0.1) is 0 Å². The number of hydrogen-bond acceptors (Lipinski definition) is 5. The lowest BCUT2D eigenvalue weighted by Crippen LogP contribution is -2.34. The van der Waals surface area contributed by atoms with Crippen molar-refractivity contribution in [1.82, 2.24) is 15.3 Å². The van der Waals surface area contributed by atoms with Gasteiger partial charge < -0.3 is 15.3 Å². The summed E-state index contributed by atoms with van der Waals surface area (Å²) in [6.07, 6.45) is 3.30. The van der Waals surface area contributed by atoms with Crippen LogP contribution in [0.3, 0.4) is 0 Å². The van der Waals surface area contributed by atoms with Crippen LogP contribution in [0.4, 0.5) is 5.95 Å². The van der Waals surface area contributed by atoms with Crippen LogP contribution in [-0.2, 0) is 4.79 Å². The van der Waals surface area contributed by atoms with E-state index in [1.165, 1.54) is 12.4 Å². The Labute approximate surface area is 97.5 Å². The van der Waals surface area contributed by atoms with Crippen molar-refractivity contribution in [3.63, 3.8) is 0 Å². The average molecular weight is 236 g/mol. The Morgan fingerprint density at radius 2 is 2.12 bits per heavy atom. The van der Waals surface area contributed by atoms with Gasteiger partial charge in [0.2, 0.25) is 11.9 Å². The minimum Gasteiger partial charge on any atom is -0.478 e. The van der Waals surface area contributed by atoms with Gasteiger partial charge in [0.05, 0.1) is 12.1 Å². The van der Waals surface area contributed by atoms with Gasteiger partial charge in [-0.25, -0.2) is 14.8 Å². The molecule has 0 radical (unpaired) electrons. The molecule has 1 aliphatic rings. The van der Waals surface area contributed by atoms with Gasteiger partial charge in [-0.15, -0.1) is 0 Å². The highest BCUT2D eigenvalue weighted by atomic mass is 16.4. The van der Waals surface area contributed by atoms with E-state index >= 15 is 0 Å². The quantitative estimate of drug-likeness (QED) is 0.718. The maximum absolute atomic E-state index is 11.3. The highest BCUT2D eigenvalue weighted by molar-refractivity contribution is 5.87. The minimum atomic E-state index is -1.06. The van der Waals surface area contributed by atoms with Gasteiger partial charge in [0.25, 0.3) is 0 Å². The molecule has 0 unspecified atom stereocenters. The number of anilines is 1. The normalized spacial score (nSPS) is 16.2. The number of nitrogens with zero attached hydrogens (tertiary/aromatic N) is 3. The molecule has 2 rings (SSSR count). The Morgan fingerprint density at radius 3 is 2.76 bits per heavy atom. The molecular weight excluding hydrogens is 224 g/mol. The molecule has 0 bridgehead atoms. The molecule has 90 valence electrons. The molecule has 1 saturated heterocycles. The van der Waals surface area contributed by atoms with Gasteiger partial charge in [-0.1, -0.05) is 0 Å². The van der Waals surface area contributed by atoms with E-state index < -0.39 is 5.97 Å². The summed E-state index contributed by atoms with van der Waals surface area (Å²) in [5.74, 6) is -0.759. The lowest BCUT2D eigenvalue weighted by atomic mass is 10.3. The van der Waals surface area contributed by atoms with E-state index in [2.05, 4.69) is 15.3 Å². The molecule has 1 aromatic heterocycles. The van der Waals surface area contributed by atoms with Gasteiger partial charge in [0, 0.05) is 25.5 Å². The van der Waals surface area contributed by atoms with Crippen molar-refractivity contribution < 1.29 is 14.7 Å². The first-order valence-electron chi connectivity index (χ1n) is 5.24. The number of amides is 1. The second-order valence-corrected chi connectivity index (χ2v) is 3.70. The number of aromatic carboxylic acids is 1. The van der Waals surface area contributed by atoms with Gasteiger partial charge in [0.15, 0.2) is 0 Å². The van der Waals surface area contributed by atoms with Crippen LogP contribution >= 0.6 is 0 Å². The number of carboxylic acid groups (broad SMARTS) is 1. The summed E-state index contributed by atoms with van der Waals surface area (Å²) in [4.78, 5) is 31.6. The van der Waals surface area contributed by atoms with Gasteiger partial charge in [0.1, 0.15) is 0 Å². The number of aromatic nitrogens is 2. The summed E-state index contributed by atoms with van der Waals surface area (Å²) in [6.45, 7) is 1.51. The van der Waals surface area contributed by atoms with E-state index in [0.717, 1.165) is 6.42 Å². The van der Waals surface area contributed by atoms with Crippen LogP contribution in [0.2, 0.25) is 0 Å². The van der Waals surface area contributed by atoms with Gasteiger partial charge in [-0.05, 0) is 6.42 Å². The molecular formula is C10H12N4O3. The van der Waals surface area contributed by atoms with Crippen LogP contribution < -0.4 is 10.2 Å². The summed E-state index contributed by atoms with van der Waals surface area (Å²) in [6, 6.07) is 0. The molecule has 1 aromatic rings. The Balaban J connectivity index is 2.15. The lowest BCUT2D eigenvalue weighted by molar-refractivity contribution is -0.119. The zero-order chi connectivity index (χ0) is 12.3.